The molecule has 1 atom stereocenters. The van der Waals surface area contributed by atoms with Crippen LogP contribution in [0.4, 0.5) is 5.69 Å². The van der Waals surface area contributed by atoms with Crippen molar-refractivity contribution in [3.05, 3.63) is 59.5 Å². The number of nitrogens with zero attached hydrogens (tertiary/aromatic N) is 1. The number of aromatic nitrogens is 1. The third kappa shape index (κ3) is 4.05. The molecule has 2 rings (SSSR count). The third-order valence-corrected chi connectivity index (χ3v) is 3.19. The summed E-state index contributed by atoms with van der Waals surface area (Å²) in [5.74, 6) is -0.0416. The highest BCUT2D eigenvalue weighted by Gasteiger charge is 2.13. The number of pyridine rings is 1. The first-order valence-corrected chi connectivity index (χ1v) is 7.07. The highest BCUT2D eigenvalue weighted by molar-refractivity contribution is 5.92. The number of allylic oxidation sites excluding steroid dienone is 6. The smallest absolute Gasteiger partial charge is 0.359 e. The van der Waals surface area contributed by atoms with Crippen LogP contribution in [0.25, 0.3) is 0 Å². The minimum atomic E-state index is -0.480. The van der Waals surface area contributed by atoms with Crippen LogP contribution < -0.4 is 5.73 Å². The van der Waals surface area contributed by atoms with Crippen molar-refractivity contribution in [3.63, 3.8) is 0 Å². The number of hydrogen-bond donors (Lipinski definition) is 1. The van der Waals surface area contributed by atoms with Crippen LogP contribution in [0.1, 0.15) is 29.9 Å². The number of carbonyl (C=O) groups excluding carboxylic acids is 1. The van der Waals surface area contributed by atoms with Gasteiger partial charge in [0.15, 0.2) is 5.69 Å². The predicted molar refractivity (Wildman–Crippen MR) is 83.8 cm³/mol. The lowest BCUT2D eigenvalue weighted by atomic mass is 10.0. The molecule has 0 fully saturated rings. The Morgan fingerprint density at radius 1 is 1.43 bits per heavy atom. The molecule has 110 valence electrons. The fourth-order valence-corrected chi connectivity index (χ4v) is 2.10. The molecule has 1 heterocycles. The highest BCUT2D eigenvalue weighted by atomic mass is 16.5. The summed E-state index contributed by atoms with van der Waals surface area (Å²) in [5, 5.41) is 0. The van der Waals surface area contributed by atoms with Gasteiger partial charge < -0.3 is 10.5 Å². The Hall–Kier alpha value is -2.36. The van der Waals surface area contributed by atoms with E-state index in [4.69, 9.17) is 10.5 Å². The third-order valence-electron chi connectivity index (χ3n) is 3.19. The Balaban J connectivity index is 2.14. The minimum Gasteiger partial charge on any atom is -0.461 e. The molecule has 1 aliphatic carbocycles. The first-order chi connectivity index (χ1) is 10.1. The van der Waals surface area contributed by atoms with E-state index in [-0.39, 0.29) is 5.69 Å². The molecular formula is C17H20N2O2. The van der Waals surface area contributed by atoms with Crippen LogP contribution in [0.5, 0.6) is 0 Å². The lowest BCUT2D eigenvalue weighted by Crippen LogP contribution is -2.11. The van der Waals surface area contributed by atoms with E-state index < -0.39 is 5.97 Å². The van der Waals surface area contributed by atoms with Gasteiger partial charge in [0, 0.05) is 6.20 Å². The van der Waals surface area contributed by atoms with Gasteiger partial charge in [-0.1, -0.05) is 37.3 Å². The van der Waals surface area contributed by atoms with E-state index in [1.807, 2.05) is 0 Å². The summed E-state index contributed by atoms with van der Waals surface area (Å²) in [6.45, 7) is 4.20. The van der Waals surface area contributed by atoms with Crippen LogP contribution in [0, 0.1) is 5.92 Å². The summed E-state index contributed by atoms with van der Waals surface area (Å²) in [7, 11) is 0. The number of hydrogen-bond acceptors (Lipinski definition) is 4. The van der Waals surface area contributed by atoms with Crippen LogP contribution in [0.15, 0.2) is 48.2 Å². The molecule has 0 spiro atoms. The van der Waals surface area contributed by atoms with Crippen molar-refractivity contribution in [2.75, 3.05) is 12.3 Å². The molecule has 4 heteroatoms. The number of rotatable bonds is 4. The lowest BCUT2D eigenvalue weighted by molar-refractivity contribution is 0.0521. The maximum absolute atomic E-state index is 11.7. The maximum Gasteiger partial charge on any atom is 0.359 e. The Labute approximate surface area is 125 Å². The zero-order valence-corrected chi connectivity index (χ0v) is 12.4. The number of nitrogen functional groups attached to an aromatic ring is 1. The van der Waals surface area contributed by atoms with Crippen LogP contribution in [-0.2, 0) is 11.2 Å². The van der Waals surface area contributed by atoms with E-state index in [1.165, 1.54) is 5.57 Å². The van der Waals surface area contributed by atoms with Crippen LogP contribution in [-0.4, -0.2) is 17.6 Å². The average Bonchev–Trinajstić information content (AvgIpc) is 2.64. The number of anilines is 1. The first-order valence-electron chi connectivity index (χ1n) is 7.07. The maximum atomic E-state index is 11.7. The highest BCUT2D eigenvalue weighted by Crippen LogP contribution is 2.18. The van der Waals surface area contributed by atoms with Gasteiger partial charge in [0.2, 0.25) is 0 Å². The van der Waals surface area contributed by atoms with Crippen molar-refractivity contribution in [2.45, 2.75) is 20.3 Å². The Bertz CT molecular complexity index is 615. The Kier molecular flexibility index (Phi) is 4.93. The Morgan fingerprint density at radius 2 is 2.24 bits per heavy atom. The first kappa shape index (κ1) is 15.0. The van der Waals surface area contributed by atoms with Gasteiger partial charge in [-0.15, -0.1) is 0 Å². The van der Waals surface area contributed by atoms with Gasteiger partial charge in [0.05, 0.1) is 12.3 Å². The van der Waals surface area contributed by atoms with E-state index in [0.29, 0.717) is 18.2 Å². The standard InChI is InChI=1S/C17H20N2O2/c1-3-21-17(20)16-15(18)10-14(11-19-16)9-13-6-4-5-12(2)7-8-13/h4-8,10-12H,3,9,18H2,1-2H3. The fourth-order valence-electron chi connectivity index (χ4n) is 2.10. The van der Waals surface area contributed by atoms with Crippen molar-refractivity contribution in [3.8, 4) is 0 Å². The monoisotopic (exact) mass is 284 g/mol. The molecule has 0 saturated heterocycles. The van der Waals surface area contributed by atoms with Crippen LogP contribution >= 0.6 is 0 Å². The summed E-state index contributed by atoms with van der Waals surface area (Å²) < 4.78 is 4.91. The van der Waals surface area contributed by atoms with Gasteiger partial charge in [-0.3, -0.25) is 0 Å². The minimum absolute atomic E-state index is 0.180. The van der Waals surface area contributed by atoms with Crippen molar-refractivity contribution in [1.29, 1.82) is 0 Å². The molecule has 0 aliphatic heterocycles. The van der Waals surface area contributed by atoms with E-state index >= 15 is 0 Å². The Morgan fingerprint density at radius 3 is 2.95 bits per heavy atom. The average molecular weight is 284 g/mol. The van der Waals surface area contributed by atoms with E-state index in [9.17, 15) is 4.79 Å². The summed E-state index contributed by atoms with van der Waals surface area (Å²) in [6.07, 6.45) is 12.9. The quantitative estimate of drug-likeness (QED) is 0.863. The molecule has 4 nitrogen and oxygen atoms in total. The van der Waals surface area contributed by atoms with Gasteiger partial charge in [-0.25, -0.2) is 9.78 Å². The summed E-state index contributed by atoms with van der Waals surface area (Å²) >= 11 is 0. The van der Waals surface area contributed by atoms with Gasteiger partial charge >= 0.3 is 5.97 Å². The second-order valence-electron chi connectivity index (χ2n) is 5.02. The lowest BCUT2D eigenvalue weighted by Gasteiger charge is -2.07. The summed E-state index contributed by atoms with van der Waals surface area (Å²) in [6, 6.07) is 1.78. The molecule has 1 unspecified atom stereocenters. The largest absolute Gasteiger partial charge is 0.461 e. The van der Waals surface area contributed by atoms with Crippen molar-refractivity contribution >= 4 is 11.7 Å². The second-order valence-corrected chi connectivity index (χ2v) is 5.02. The SMILES string of the molecule is CCOC(=O)c1ncc(CC2=CC=CC(C)C=C2)cc1N. The van der Waals surface area contributed by atoms with E-state index in [0.717, 1.165) is 12.0 Å². The van der Waals surface area contributed by atoms with Gasteiger partial charge in [0.1, 0.15) is 0 Å². The molecule has 0 aromatic carbocycles. The number of nitrogens with two attached hydrogens (primary N) is 1. The normalized spacial score (nSPS) is 17.2. The van der Waals surface area contributed by atoms with E-state index in [1.54, 1.807) is 19.2 Å². The zero-order valence-electron chi connectivity index (χ0n) is 12.4. The van der Waals surface area contributed by atoms with Gasteiger partial charge in [-0.2, -0.15) is 0 Å². The number of ether oxygens (including phenoxy) is 1. The van der Waals surface area contributed by atoms with Gasteiger partial charge in [0.25, 0.3) is 0 Å². The molecule has 21 heavy (non-hydrogen) atoms. The molecule has 0 radical (unpaired) electrons. The van der Waals surface area contributed by atoms with E-state index in [2.05, 4.69) is 42.3 Å². The predicted octanol–water partition coefficient (Wildman–Crippen LogP) is 3.07. The zero-order chi connectivity index (χ0) is 15.2. The molecule has 0 amide bonds. The molecule has 2 N–H and O–H groups in total. The molecule has 1 aromatic heterocycles. The van der Waals surface area contributed by atoms with Crippen molar-refractivity contribution in [1.82, 2.24) is 4.98 Å². The number of carbonyl (C=O) groups is 1. The summed E-state index contributed by atoms with van der Waals surface area (Å²) in [4.78, 5) is 15.8. The van der Waals surface area contributed by atoms with Gasteiger partial charge in [-0.05, 0) is 36.5 Å². The topological polar surface area (TPSA) is 65.2 Å². The second kappa shape index (κ2) is 6.88. The van der Waals surface area contributed by atoms with Crippen molar-refractivity contribution in [2.24, 2.45) is 5.92 Å². The summed E-state index contributed by atoms with van der Waals surface area (Å²) in [5.41, 5.74) is 8.58. The molecule has 1 aromatic rings. The van der Waals surface area contributed by atoms with Crippen LogP contribution in [0.3, 0.4) is 0 Å². The number of esters is 1. The van der Waals surface area contributed by atoms with Crippen LogP contribution in [0.2, 0.25) is 0 Å². The molecule has 0 saturated carbocycles. The fraction of sp³-hybridized carbons (Fsp3) is 0.294. The van der Waals surface area contributed by atoms with Crippen molar-refractivity contribution < 1.29 is 9.53 Å². The molecule has 0 bridgehead atoms. The molecule has 1 aliphatic rings. The molecular weight excluding hydrogens is 264 g/mol.